The number of carbonyl (C=O) groups is 2. The van der Waals surface area contributed by atoms with E-state index in [-0.39, 0.29) is 16.4 Å². The Labute approximate surface area is 139 Å². The van der Waals surface area contributed by atoms with Crippen LogP contribution in [0.4, 0.5) is 5.69 Å². The summed E-state index contributed by atoms with van der Waals surface area (Å²) in [6.07, 6.45) is 0. The minimum absolute atomic E-state index is 0.127. The summed E-state index contributed by atoms with van der Waals surface area (Å²) in [4.78, 5) is 34.3. The van der Waals surface area contributed by atoms with Gasteiger partial charge < -0.3 is 0 Å². The largest absolute Gasteiger partial charge is 0.297 e. The summed E-state index contributed by atoms with van der Waals surface area (Å²) in [7, 11) is 0. The van der Waals surface area contributed by atoms with Crippen LogP contribution in [-0.2, 0) is 0 Å². The first kappa shape index (κ1) is 16.5. The second-order valence-corrected chi connectivity index (χ2v) is 5.47. The molecule has 0 unspecified atom stereocenters. The second-order valence-electron chi connectivity index (χ2n) is 4.11. The highest BCUT2D eigenvalue weighted by Gasteiger charge is 2.19. The lowest BCUT2D eigenvalue weighted by atomic mass is 10.2. The molecule has 1 aromatic heterocycles. The van der Waals surface area contributed by atoms with Crippen molar-refractivity contribution in [1.82, 2.24) is 16.2 Å². The van der Waals surface area contributed by atoms with Crippen LogP contribution in [0.5, 0.6) is 0 Å². The van der Waals surface area contributed by atoms with Crippen molar-refractivity contribution in [2.24, 2.45) is 0 Å². The topological polar surface area (TPSA) is 113 Å². The maximum absolute atomic E-state index is 11.9. The molecule has 0 atom stereocenters. The van der Waals surface area contributed by atoms with E-state index in [2.05, 4.69) is 16.2 Å². The van der Waals surface area contributed by atoms with E-state index in [1.807, 2.05) is 0 Å². The molecule has 2 aromatic rings. The Morgan fingerprint density at radius 3 is 2.48 bits per heavy atom. The van der Waals surface area contributed by atoms with Crippen molar-refractivity contribution in [3.8, 4) is 0 Å². The fourth-order valence-electron chi connectivity index (χ4n) is 1.61. The molecule has 3 N–H and O–H groups in total. The van der Waals surface area contributed by atoms with Crippen molar-refractivity contribution in [3.05, 3.63) is 62.3 Å². The van der Waals surface area contributed by atoms with Crippen LogP contribution in [0.15, 0.2) is 41.8 Å². The van der Waals surface area contributed by atoms with Gasteiger partial charge in [-0.05, 0) is 29.7 Å². The van der Waals surface area contributed by atoms with Crippen LogP contribution in [0.25, 0.3) is 0 Å². The van der Waals surface area contributed by atoms with Crippen LogP contribution in [0.1, 0.15) is 20.0 Å². The van der Waals surface area contributed by atoms with Crippen LogP contribution >= 0.6 is 23.6 Å². The first-order chi connectivity index (χ1) is 11.0. The Hall–Kier alpha value is -2.85. The van der Waals surface area contributed by atoms with E-state index in [1.54, 1.807) is 17.5 Å². The molecule has 118 valence electrons. The van der Waals surface area contributed by atoms with Gasteiger partial charge in [-0.15, -0.1) is 11.3 Å². The number of thiophene rings is 1. The van der Waals surface area contributed by atoms with E-state index in [0.717, 1.165) is 0 Å². The van der Waals surface area contributed by atoms with Crippen LogP contribution in [0, 0.1) is 10.1 Å². The van der Waals surface area contributed by atoms with Gasteiger partial charge in [0.1, 0.15) is 5.56 Å². The van der Waals surface area contributed by atoms with Gasteiger partial charge in [-0.3, -0.25) is 35.9 Å². The summed E-state index contributed by atoms with van der Waals surface area (Å²) in [5.41, 5.74) is 4.06. The Morgan fingerprint density at radius 2 is 1.83 bits per heavy atom. The van der Waals surface area contributed by atoms with Gasteiger partial charge in [-0.2, -0.15) is 0 Å². The van der Waals surface area contributed by atoms with Gasteiger partial charge in [0, 0.05) is 6.07 Å². The molecule has 0 saturated carbocycles. The molecule has 0 aliphatic carbocycles. The maximum Gasteiger partial charge on any atom is 0.282 e. The molecule has 0 fully saturated rings. The zero-order chi connectivity index (χ0) is 16.8. The molecule has 0 spiro atoms. The lowest BCUT2D eigenvalue weighted by molar-refractivity contribution is -0.385. The number of thiocarbonyl (C=S) groups is 1. The van der Waals surface area contributed by atoms with E-state index in [4.69, 9.17) is 12.2 Å². The van der Waals surface area contributed by atoms with Gasteiger partial charge in [0.05, 0.1) is 9.80 Å². The minimum Gasteiger partial charge on any atom is -0.297 e. The van der Waals surface area contributed by atoms with Gasteiger partial charge in [0.25, 0.3) is 17.5 Å². The number of nitro benzene ring substituents is 1. The van der Waals surface area contributed by atoms with E-state index < -0.39 is 16.7 Å². The summed E-state index contributed by atoms with van der Waals surface area (Å²) in [6.45, 7) is 0. The van der Waals surface area contributed by atoms with Gasteiger partial charge in [0.2, 0.25) is 0 Å². The second kappa shape index (κ2) is 7.42. The van der Waals surface area contributed by atoms with Crippen molar-refractivity contribution in [3.63, 3.8) is 0 Å². The van der Waals surface area contributed by atoms with Crippen molar-refractivity contribution < 1.29 is 14.5 Å². The number of amides is 2. The van der Waals surface area contributed by atoms with E-state index in [9.17, 15) is 19.7 Å². The number of rotatable bonds is 3. The molecule has 2 rings (SSSR count). The molecule has 0 saturated heterocycles. The number of nitrogens with one attached hydrogen (secondary N) is 3. The fraction of sp³-hybridized carbons (Fsp3) is 0. The number of hydrogen-bond acceptors (Lipinski definition) is 6. The maximum atomic E-state index is 11.9. The zero-order valence-corrected chi connectivity index (χ0v) is 13.1. The number of hydrazine groups is 1. The van der Waals surface area contributed by atoms with Crippen LogP contribution in [-0.4, -0.2) is 21.9 Å². The van der Waals surface area contributed by atoms with Crippen molar-refractivity contribution >= 4 is 46.2 Å². The van der Waals surface area contributed by atoms with Crippen LogP contribution in [0.2, 0.25) is 0 Å². The van der Waals surface area contributed by atoms with Gasteiger partial charge in [-0.25, -0.2) is 0 Å². The standard InChI is InChI=1S/C13H10N4O4S2/c18-11(8-4-1-2-5-9(8)17(20)21)15-16-13(22)14-12(19)10-6-3-7-23-10/h1-7H,(H,15,18)(H2,14,16,19,22). The summed E-state index contributed by atoms with van der Waals surface area (Å²) in [5, 5.41) is 14.8. The molecule has 0 aliphatic rings. The lowest BCUT2D eigenvalue weighted by Gasteiger charge is -2.10. The highest BCUT2D eigenvalue weighted by molar-refractivity contribution is 7.80. The van der Waals surface area contributed by atoms with Crippen molar-refractivity contribution in [2.45, 2.75) is 0 Å². The molecule has 0 aliphatic heterocycles. The number of nitro groups is 1. The Morgan fingerprint density at radius 1 is 1.09 bits per heavy atom. The van der Waals surface area contributed by atoms with Gasteiger partial charge in [0.15, 0.2) is 5.11 Å². The average molecular weight is 350 g/mol. The predicted octanol–water partition coefficient (Wildman–Crippen LogP) is 1.61. The van der Waals surface area contributed by atoms with E-state index in [0.29, 0.717) is 4.88 Å². The Kier molecular flexibility index (Phi) is 5.33. The highest BCUT2D eigenvalue weighted by Crippen LogP contribution is 2.16. The quantitative estimate of drug-likeness (QED) is 0.440. The summed E-state index contributed by atoms with van der Waals surface area (Å²) in [6, 6.07) is 8.81. The number of nitrogens with zero attached hydrogens (tertiary/aromatic N) is 1. The molecule has 10 heteroatoms. The lowest BCUT2D eigenvalue weighted by Crippen LogP contribution is -2.48. The Balaban J connectivity index is 1.93. The molecule has 8 nitrogen and oxygen atoms in total. The molecule has 0 radical (unpaired) electrons. The number of hydrogen-bond donors (Lipinski definition) is 3. The van der Waals surface area contributed by atoms with Crippen molar-refractivity contribution in [2.75, 3.05) is 0 Å². The smallest absolute Gasteiger partial charge is 0.282 e. The molecule has 0 bridgehead atoms. The molecular formula is C13H10N4O4S2. The number of para-hydroxylation sites is 1. The van der Waals surface area contributed by atoms with Gasteiger partial charge in [-0.1, -0.05) is 18.2 Å². The van der Waals surface area contributed by atoms with Crippen LogP contribution < -0.4 is 16.2 Å². The van der Waals surface area contributed by atoms with Crippen LogP contribution in [0.3, 0.4) is 0 Å². The predicted molar refractivity (Wildman–Crippen MR) is 88.1 cm³/mol. The molecule has 23 heavy (non-hydrogen) atoms. The van der Waals surface area contributed by atoms with Crippen molar-refractivity contribution in [1.29, 1.82) is 0 Å². The van der Waals surface area contributed by atoms with E-state index in [1.165, 1.54) is 35.6 Å². The van der Waals surface area contributed by atoms with Gasteiger partial charge >= 0.3 is 0 Å². The monoisotopic (exact) mass is 350 g/mol. The third kappa shape index (κ3) is 4.31. The molecule has 1 aromatic carbocycles. The molecule has 2 amide bonds. The first-order valence-electron chi connectivity index (χ1n) is 6.17. The molecule has 1 heterocycles. The summed E-state index contributed by atoms with van der Waals surface area (Å²) >= 11 is 6.11. The fourth-order valence-corrected chi connectivity index (χ4v) is 2.37. The third-order valence-electron chi connectivity index (χ3n) is 2.61. The highest BCUT2D eigenvalue weighted by atomic mass is 32.1. The number of carbonyl (C=O) groups excluding carboxylic acids is 2. The van der Waals surface area contributed by atoms with E-state index >= 15 is 0 Å². The zero-order valence-electron chi connectivity index (χ0n) is 11.4. The minimum atomic E-state index is -0.745. The molecular weight excluding hydrogens is 340 g/mol. The number of benzene rings is 1. The SMILES string of the molecule is O=C(NC(=S)NNC(=O)c1ccccc1[N+](=O)[O-])c1cccs1. The average Bonchev–Trinajstić information content (AvgIpc) is 3.07. The summed E-state index contributed by atoms with van der Waals surface area (Å²) < 4.78 is 0. The first-order valence-corrected chi connectivity index (χ1v) is 7.46. The Bertz CT molecular complexity index is 761. The normalized spacial score (nSPS) is 9.74. The third-order valence-corrected chi connectivity index (χ3v) is 3.68. The summed E-state index contributed by atoms with van der Waals surface area (Å²) in [5.74, 6) is -1.16.